The number of halogens is 2. The molecule has 0 atom stereocenters. The van der Waals surface area contributed by atoms with Crippen LogP contribution in [0.25, 0.3) is 0 Å². The third kappa shape index (κ3) is 1.14. The van der Waals surface area contributed by atoms with E-state index in [9.17, 15) is 25.6 Å². The van der Waals surface area contributed by atoms with Crippen LogP contribution in [-0.2, 0) is 23.9 Å². The van der Waals surface area contributed by atoms with Gasteiger partial charge >= 0.3 is 20.2 Å². The summed E-state index contributed by atoms with van der Waals surface area (Å²) in [5, 5.41) is -4.81. The molecule has 0 N–H and O–H groups in total. The second-order valence-electron chi connectivity index (χ2n) is 1.52. The molecule has 0 saturated heterocycles. The molecule has 0 aromatic carbocycles. The van der Waals surface area contributed by atoms with Crippen molar-refractivity contribution >= 4 is 20.2 Å². The molecule has 5 nitrogen and oxygen atoms in total. The Morgan fingerprint density at radius 1 is 0.909 bits per heavy atom. The average molecular weight is 206 g/mol. The van der Waals surface area contributed by atoms with E-state index >= 15 is 0 Å². The molecular formula is C2F2O5S2. The summed E-state index contributed by atoms with van der Waals surface area (Å²) >= 11 is 0. The summed E-state index contributed by atoms with van der Waals surface area (Å²) in [5.74, 6) is 0. The normalized spacial score (nSPS) is 27.5. The minimum Gasteiger partial charge on any atom is -0.190 e. The van der Waals surface area contributed by atoms with Crippen LogP contribution in [0.3, 0.4) is 0 Å². The SMILES string of the molecule is O=S1(=O)OS(=O)(=O)C(F)=C1F. The van der Waals surface area contributed by atoms with Gasteiger partial charge in [0.25, 0.3) is 10.3 Å². The van der Waals surface area contributed by atoms with E-state index in [1.54, 1.807) is 0 Å². The Labute approximate surface area is 60.5 Å². The van der Waals surface area contributed by atoms with Crippen molar-refractivity contribution < 1.29 is 29.2 Å². The van der Waals surface area contributed by atoms with Gasteiger partial charge in [0.15, 0.2) is 0 Å². The second-order valence-corrected chi connectivity index (χ2v) is 4.60. The van der Waals surface area contributed by atoms with E-state index in [-0.39, 0.29) is 0 Å². The van der Waals surface area contributed by atoms with Gasteiger partial charge in [-0.1, -0.05) is 0 Å². The second kappa shape index (κ2) is 1.99. The van der Waals surface area contributed by atoms with Crippen molar-refractivity contribution in [3.05, 3.63) is 10.3 Å². The maximum Gasteiger partial charge on any atom is 0.342 e. The van der Waals surface area contributed by atoms with Crippen molar-refractivity contribution in [1.29, 1.82) is 0 Å². The van der Waals surface area contributed by atoms with Gasteiger partial charge in [-0.15, -0.1) is 3.63 Å². The molecule has 1 aliphatic rings. The lowest BCUT2D eigenvalue weighted by molar-refractivity contribution is 0.469. The van der Waals surface area contributed by atoms with E-state index in [1.165, 1.54) is 0 Å². The van der Waals surface area contributed by atoms with Crippen LogP contribution in [-0.4, -0.2) is 16.8 Å². The summed E-state index contributed by atoms with van der Waals surface area (Å²) < 4.78 is 67.5. The van der Waals surface area contributed by atoms with E-state index in [2.05, 4.69) is 3.63 Å². The predicted octanol–water partition coefficient (Wildman–Crippen LogP) is -0.258. The van der Waals surface area contributed by atoms with Crippen molar-refractivity contribution in [2.45, 2.75) is 0 Å². The zero-order valence-electron chi connectivity index (χ0n) is 4.61. The highest BCUT2D eigenvalue weighted by molar-refractivity contribution is 8.06. The highest BCUT2D eigenvalue weighted by atomic mass is 32.3. The fourth-order valence-corrected chi connectivity index (χ4v) is 2.80. The lowest BCUT2D eigenvalue weighted by Crippen LogP contribution is -2.02. The smallest absolute Gasteiger partial charge is 0.190 e. The molecule has 1 rings (SSSR count). The fraction of sp³-hybridized carbons (Fsp3) is 0. The van der Waals surface area contributed by atoms with Gasteiger partial charge in [-0.25, -0.2) is 0 Å². The average Bonchev–Trinajstić information content (AvgIpc) is 1.91. The maximum atomic E-state index is 12.0. The van der Waals surface area contributed by atoms with Gasteiger partial charge in [0.1, 0.15) is 0 Å². The Balaban J connectivity index is 3.56. The predicted molar refractivity (Wildman–Crippen MR) is 28.2 cm³/mol. The summed E-state index contributed by atoms with van der Waals surface area (Å²) in [6, 6.07) is 0. The largest absolute Gasteiger partial charge is 0.342 e. The molecule has 9 heteroatoms. The first-order chi connectivity index (χ1) is 4.77. The Bertz CT molecular complexity index is 373. The zero-order valence-corrected chi connectivity index (χ0v) is 6.25. The summed E-state index contributed by atoms with van der Waals surface area (Å²) in [4.78, 5) is 0. The quantitative estimate of drug-likeness (QED) is 0.545. The van der Waals surface area contributed by atoms with Gasteiger partial charge < -0.3 is 0 Å². The Hall–Kier alpha value is -0.540. The van der Waals surface area contributed by atoms with Gasteiger partial charge in [-0.3, -0.25) is 0 Å². The molecule has 11 heavy (non-hydrogen) atoms. The minimum absolute atomic E-state index is 2.41. The van der Waals surface area contributed by atoms with Crippen LogP contribution in [0, 0.1) is 0 Å². The van der Waals surface area contributed by atoms with Crippen LogP contribution in [0.1, 0.15) is 0 Å². The Kier molecular flexibility index (Phi) is 1.55. The van der Waals surface area contributed by atoms with Crippen LogP contribution >= 0.6 is 0 Å². The molecule has 0 spiro atoms. The van der Waals surface area contributed by atoms with E-state index in [1.807, 2.05) is 0 Å². The van der Waals surface area contributed by atoms with Crippen LogP contribution in [0.15, 0.2) is 10.3 Å². The fourth-order valence-electron chi connectivity index (χ4n) is 0.374. The highest BCUT2D eigenvalue weighted by Crippen LogP contribution is 2.31. The molecule has 0 saturated carbocycles. The summed E-state index contributed by atoms with van der Waals surface area (Å²) in [6.07, 6.45) is 0. The van der Waals surface area contributed by atoms with E-state index < -0.39 is 30.6 Å². The molecule has 64 valence electrons. The van der Waals surface area contributed by atoms with Crippen molar-refractivity contribution in [2.75, 3.05) is 0 Å². The summed E-state index contributed by atoms with van der Waals surface area (Å²) in [6.45, 7) is 0. The van der Waals surface area contributed by atoms with Gasteiger partial charge in [0.05, 0.1) is 0 Å². The summed E-state index contributed by atoms with van der Waals surface area (Å²) in [5.41, 5.74) is 0. The minimum atomic E-state index is -5.03. The highest BCUT2D eigenvalue weighted by Gasteiger charge is 2.45. The Morgan fingerprint density at radius 3 is 1.27 bits per heavy atom. The first kappa shape index (κ1) is 8.56. The summed E-state index contributed by atoms with van der Waals surface area (Å²) in [7, 11) is -10.1. The molecule has 0 unspecified atom stereocenters. The van der Waals surface area contributed by atoms with Crippen LogP contribution in [0.2, 0.25) is 0 Å². The first-order valence-electron chi connectivity index (χ1n) is 2.04. The Morgan fingerprint density at radius 2 is 1.18 bits per heavy atom. The molecule has 1 heterocycles. The van der Waals surface area contributed by atoms with Crippen LogP contribution in [0.4, 0.5) is 8.78 Å². The molecule has 0 aromatic rings. The number of hydrogen-bond acceptors (Lipinski definition) is 5. The first-order valence-corrected chi connectivity index (χ1v) is 4.85. The maximum absolute atomic E-state index is 12.0. The number of rotatable bonds is 0. The standard InChI is InChI=1S/C2F2O5S2/c3-1-2(4)11(7,8)9-10(1,5)6. The zero-order chi connectivity index (χ0) is 8.86. The van der Waals surface area contributed by atoms with E-state index in [0.29, 0.717) is 0 Å². The third-order valence-electron chi connectivity index (χ3n) is 0.773. The van der Waals surface area contributed by atoms with Crippen molar-refractivity contribution in [3.8, 4) is 0 Å². The lowest BCUT2D eigenvalue weighted by atomic mass is 11.1. The molecule has 0 aromatic heterocycles. The van der Waals surface area contributed by atoms with Crippen molar-refractivity contribution in [2.24, 2.45) is 0 Å². The molecule has 0 radical (unpaired) electrons. The lowest BCUT2D eigenvalue weighted by Gasteiger charge is -1.86. The molecular weight excluding hydrogens is 206 g/mol. The van der Waals surface area contributed by atoms with Crippen molar-refractivity contribution in [1.82, 2.24) is 0 Å². The molecule has 0 bridgehead atoms. The van der Waals surface area contributed by atoms with Crippen LogP contribution < -0.4 is 0 Å². The topological polar surface area (TPSA) is 77.5 Å². The molecule has 0 aliphatic carbocycles. The monoisotopic (exact) mass is 206 g/mol. The number of hydrogen-bond donors (Lipinski definition) is 0. The molecule has 0 amide bonds. The van der Waals surface area contributed by atoms with Gasteiger partial charge in [-0.2, -0.15) is 25.6 Å². The van der Waals surface area contributed by atoms with Gasteiger partial charge in [0.2, 0.25) is 0 Å². The molecule has 1 aliphatic heterocycles. The van der Waals surface area contributed by atoms with Crippen LogP contribution in [0.5, 0.6) is 0 Å². The van der Waals surface area contributed by atoms with E-state index in [4.69, 9.17) is 0 Å². The molecule has 0 fully saturated rings. The van der Waals surface area contributed by atoms with Gasteiger partial charge in [0, 0.05) is 0 Å². The van der Waals surface area contributed by atoms with Crippen molar-refractivity contribution in [3.63, 3.8) is 0 Å². The van der Waals surface area contributed by atoms with E-state index in [0.717, 1.165) is 0 Å². The van der Waals surface area contributed by atoms with Gasteiger partial charge in [-0.05, 0) is 0 Å². The third-order valence-corrected chi connectivity index (χ3v) is 3.57.